The average Bonchev–Trinajstić information content (AvgIpc) is 0.752. The van der Waals surface area contributed by atoms with Gasteiger partial charge in [0.05, 0.1) is 25.7 Å². The SMILES string of the molecule is O=C(O)C[C@@H](NC(=O)[C@@H](Cc1ccccc1)NC(=O)c1cc(OCc2c3ccccc3c(COc3cc(C(=O)N[C@H](Cc4ccccc4)C(=O)N[C@H](CC(=O)O)C(=O)O)cc(C(=O)N[C@H](Cc4ccccc4)C(=O)N[C@H](CC(=O)O)C(=O)O)c3)c3ccccc23)cc(C(=O)N[C@H](Cc2ccccc2)C(=O)N[C@H](CC(=O)O)C(=O)O)c1)C(=O)O. The fraction of sp³-hybridized carbons (Fsp3) is 0.214. The molecule has 118 heavy (non-hydrogen) atoms. The van der Waals surface area contributed by atoms with E-state index in [1.54, 1.807) is 170 Å². The largest absolute Gasteiger partial charge is 0.489 e. The Morgan fingerprint density at radius 3 is 0.627 bits per heavy atom. The molecule has 0 saturated carbocycles. The second-order valence-corrected chi connectivity index (χ2v) is 27.0. The number of hydrogen-bond acceptors (Lipinski definition) is 18. The summed E-state index contributed by atoms with van der Waals surface area (Å²) in [5, 5.41) is 98.5. The third-order valence-corrected chi connectivity index (χ3v) is 18.4. The van der Waals surface area contributed by atoms with Gasteiger partial charge in [-0.15, -0.1) is 0 Å². The smallest absolute Gasteiger partial charge is 0.326 e. The van der Waals surface area contributed by atoms with Crippen LogP contribution in [0.2, 0.25) is 0 Å². The summed E-state index contributed by atoms with van der Waals surface area (Å²) in [6.45, 7) is -0.802. The van der Waals surface area contributed by atoms with Crippen molar-refractivity contribution in [2.24, 2.45) is 0 Å². The van der Waals surface area contributed by atoms with Gasteiger partial charge in [0, 0.05) is 59.1 Å². The van der Waals surface area contributed by atoms with Crippen molar-refractivity contribution in [3.8, 4) is 11.5 Å². The lowest BCUT2D eigenvalue weighted by Crippen LogP contribution is -2.53. The topological polar surface area (TPSA) is 550 Å². The number of carboxylic acid groups (broad SMARTS) is 8. The molecule has 0 aliphatic carbocycles. The Bertz CT molecular complexity index is 4670. The molecule has 0 aliphatic rings. The zero-order valence-corrected chi connectivity index (χ0v) is 62.2. The van der Waals surface area contributed by atoms with Crippen LogP contribution in [0.25, 0.3) is 21.5 Å². The van der Waals surface area contributed by atoms with Gasteiger partial charge in [-0.3, -0.25) is 57.5 Å². The van der Waals surface area contributed by atoms with Crippen LogP contribution >= 0.6 is 0 Å². The van der Waals surface area contributed by atoms with Crippen LogP contribution in [0.1, 0.15) is 100 Å². The number of ether oxygens (including phenoxy) is 2. The van der Waals surface area contributed by atoms with Crippen LogP contribution in [-0.4, -0.2) is 184 Å². The van der Waals surface area contributed by atoms with E-state index in [1.807, 2.05) is 0 Å². The Hall–Kier alpha value is -15.4. The van der Waals surface area contributed by atoms with Crippen molar-refractivity contribution in [1.29, 1.82) is 0 Å². The fourth-order valence-electron chi connectivity index (χ4n) is 12.6. The predicted molar refractivity (Wildman–Crippen MR) is 416 cm³/mol. The standard InChI is InChI=1S/C84H78N8O26/c93-69(94)39-65(81(109)110)89-77(105)61(29-45-17-5-1-6-18-45)85-73(101)49-33-50(74(102)86-62(30-46-19-7-2-8-20-46)78(106)90-66(82(111)112)40-70(95)96)36-53(35-49)117-43-59-55-25-13-15-27-57(55)60(58-28-16-14-26-56(58)59)44-118-54-37-51(75(103)87-63(31-47-21-9-3-10-22-47)79(107)91-67(83(113)114)41-71(97)98)34-52(38-54)76(104)88-64(32-48-23-11-4-12-24-48)80(108)92-68(84(115)116)42-72(99)100/h1-28,33-38,61-68H,29-32,39-44H2,(H,85,101)(H,86,102)(H,87,103)(H,88,104)(H,89,105)(H,90,106)(H,91,107)(H,92,108)(H,93,94)(H,95,96)(H,97,98)(H,99,100)(H,109,110)(H,111,112)(H,113,114)(H,115,116)/t61-,62-,63-,64-,65-,66-,67-,68-/m1/s1. The van der Waals surface area contributed by atoms with Crippen LogP contribution in [0.4, 0.5) is 0 Å². The van der Waals surface area contributed by atoms with E-state index in [2.05, 4.69) is 42.5 Å². The van der Waals surface area contributed by atoms with Gasteiger partial charge in [-0.1, -0.05) is 170 Å². The van der Waals surface area contributed by atoms with Crippen molar-refractivity contribution < 1.29 is 127 Å². The maximum atomic E-state index is 14.9. The number of carbonyl (C=O) groups is 16. The molecule has 8 atom stereocenters. The lowest BCUT2D eigenvalue weighted by atomic mass is 9.92. The molecule has 34 heteroatoms. The summed E-state index contributed by atoms with van der Waals surface area (Å²) < 4.78 is 13.2. The Balaban J connectivity index is 1.11. The first kappa shape index (κ1) is 86.6. The summed E-state index contributed by atoms with van der Waals surface area (Å²) in [5.74, 6) is -22.4. The molecule has 0 radical (unpaired) electrons. The maximum Gasteiger partial charge on any atom is 0.326 e. The Morgan fingerprint density at radius 2 is 0.441 bits per heavy atom. The third-order valence-electron chi connectivity index (χ3n) is 18.4. The molecular formula is C84H78N8O26. The van der Waals surface area contributed by atoms with Gasteiger partial charge in [0.2, 0.25) is 23.6 Å². The monoisotopic (exact) mass is 1610 g/mol. The van der Waals surface area contributed by atoms with Crippen molar-refractivity contribution in [2.75, 3.05) is 0 Å². The van der Waals surface area contributed by atoms with Gasteiger partial charge in [-0.2, -0.15) is 0 Å². The van der Waals surface area contributed by atoms with E-state index in [1.165, 1.54) is 24.3 Å². The van der Waals surface area contributed by atoms with E-state index in [9.17, 15) is 118 Å². The molecule has 9 aromatic carbocycles. The van der Waals surface area contributed by atoms with Crippen molar-refractivity contribution >= 4 is 117 Å². The molecule has 0 saturated heterocycles. The molecule has 9 aromatic rings. The van der Waals surface area contributed by atoms with E-state index < -0.39 is 204 Å². The molecule has 0 spiro atoms. The highest BCUT2D eigenvalue weighted by Crippen LogP contribution is 2.36. The number of benzene rings is 9. The summed E-state index contributed by atoms with van der Waals surface area (Å²) in [7, 11) is 0. The summed E-state index contributed by atoms with van der Waals surface area (Å²) in [5.41, 5.74) is 1.11. The van der Waals surface area contributed by atoms with Gasteiger partial charge in [0.15, 0.2) is 0 Å². The average molecular weight is 1620 g/mol. The molecule has 0 aliphatic heterocycles. The number of hydrogen-bond donors (Lipinski definition) is 16. The molecule has 9 rings (SSSR count). The molecule has 0 aromatic heterocycles. The molecule has 8 amide bonds. The van der Waals surface area contributed by atoms with Crippen LogP contribution in [0, 0.1) is 0 Å². The van der Waals surface area contributed by atoms with Crippen LogP contribution in [0.3, 0.4) is 0 Å². The molecule has 0 fully saturated rings. The van der Waals surface area contributed by atoms with E-state index in [-0.39, 0.29) is 37.2 Å². The van der Waals surface area contributed by atoms with Crippen molar-refractivity contribution in [3.63, 3.8) is 0 Å². The summed E-state index contributed by atoms with van der Waals surface area (Å²) in [6.07, 6.45) is -5.42. The molecule has 34 nitrogen and oxygen atoms in total. The normalized spacial score (nSPS) is 12.9. The maximum absolute atomic E-state index is 14.9. The van der Waals surface area contributed by atoms with Crippen LogP contribution in [-0.2, 0) is 96.4 Å². The fourth-order valence-corrected chi connectivity index (χ4v) is 12.6. The quantitative estimate of drug-likeness (QED) is 0.0231. The predicted octanol–water partition coefficient (Wildman–Crippen LogP) is 4.69. The zero-order chi connectivity index (χ0) is 85.3. The van der Waals surface area contributed by atoms with Crippen molar-refractivity contribution in [2.45, 2.75) is 113 Å². The number of fused-ring (bicyclic) bond motifs is 2. The summed E-state index contributed by atoms with van der Waals surface area (Å²) in [6, 6.07) is 38.4. The molecule has 610 valence electrons. The Morgan fingerprint density at radius 1 is 0.246 bits per heavy atom. The van der Waals surface area contributed by atoms with E-state index in [0.717, 1.165) is 12.1 Å². The summed E-state index contributed by atoms with van der Waals surface area (Å²) >= 11 is 0. The van der Waals surface area contributed by atoms with Gasteiger partial charge in [0.1, 0.15) is 73.0 Å². The lowest BCUT2D eigenvalue weighted by Gasteiger charge is -2.23. The van der Waals surface area contributed by atoms with E-state index in [0.29, 0.717) is 54.9 Å². The van der Waals surface area contributed by atoms with Gasteiger partial charge in [-0.05, 0) is 80.2 Å². The molecule has 0 unspecified atom stereocenters. The van der Waals surface area contributed by atoms with Gasteiger partial charge < -0.3 is 92.9 Å². The van der Waals surface area contributed by atoms with Gasteiger partial charge in [-0.25, -0.2) is 19.2 Å². The highest BCUT2D eigenvalue weighted by atomic mass is 16.5. The third kappa shape index (κ3) is 24.8. The van der Waals surface area contributed by atoms with E-state index in [4.69, 9.17) is 9.47 Å². The van der Waals surface area contributed by atoms with E-state index >= 15 is 0 Å². The zero-order valence-electron chi connectivity index (χ0n) is 62.2. The highest BCUT2D eigenvalue weighted by Gasteiger charge is 2.35. The minimum atomic E-state index is -1.97. The first-order chi connectivity index (χ1) is 56.4. The number of nitrogens with one attached hydrogen (secondary N) is 8. The Labute approximate surface area is 669 Å². The van der Waals surface area contributed by atoms with Gasteiger partial charge in [0.25, 0.3) is 23.6 Å². The second kappa shape index (κ2) is 40.9. The minimum Gasteiger partial charge on any atom is -0.489 e. The van der Waals surface area contributed by atoms with Gasteiger partial charge >= 0.3 is 47.8 Å². The highest BCUT2D eigenvalue weighted by molar-refractivity contribution is 6.08. The molecule has 0 bridgehead atoms. The molecular weight excluding hydrogens is 1540 g/mol. The van der Waals surface area contributed by atoms with Crippen molar-refractivity contribution in [1.82, 2.24) is 42.5 Å². The molecule has 16 N–H and O–H groups in total. The number of carboxylic acids is 8. The van der Waals surface area contributed by atoms with Crippen LogP contribution in [0.15, 0.2) is 206 Å². The van der Waals surface area contributed by atoms with Crippen LogP contribution < -0.4 is 52.0 Å². The first-order valence-corrected chi connectivity index (χ1v) is 36.2. The number of rotatable bonds is 42. The number of carbonyl (C=O) groups excluding carboxylic acids is 8. The minimum absolute atomic E-state index is 0.223. The number of aliphatic carboxylic acids is 8. The molecule has 0 heterocycles. The second-order valence-electron chi connectivity index (χ2n) is 27.0. The summed E-state index contributed by atoms with van der Waals surface area (Å²) in [4.78, 5) is 212. The first-order valence-electron chi connectivity index (χ1n) is 36.2. The number of amides is 8. The van der Waals surface area contributed by atoms with Crippen LogP contribution in [0.5, 0.6) is 11.5 Å². The lowest BCUT2D eigenvalue weighted by molar-refractivity contribution is -0.147. The Kier molecular flexibility index (Phi) is 30.0. The van der Waals surface area contributed by atoms with Crippen molar-refractivity contribution in [3.05, 3.63) is 262 Å².